The predicted molar refractivity (Wildman–Crippen MR) is 70.0 cm³/mol. The Bertz CT molecular complexity index is 459. The van der Waals surface area contributed by atoms with Gasteiger partial charge in [0, 0.05) is 18.2 Å². The van der Waals surface area contributed by atoms with Crippen LogP contribution in [-0.4, -0.2) is 31.6 Å². The van der Waals surface area contributed by atoms with Crippen LogP contribution in [0.3, 0.4) is 0 Å². The van der Waals surface area contributed by atoms with Gasteiger partial charge >= 0.3 is 12.1 Å². The number of allylic oxidation sites excluding steroid dienone is 3. The maximum absolute atomic E-state index is 12.7. The first-order valence-electron chi connectivity index (χ1n) is 6.41. The fourth-order valence-electron chi connectivity index (χ4n) is 2.81. The molecule has 0 radical (unpaired) electrons. The van der Waals surface area contributed by atoms with Gasteiger partial charge in [-0.25, -0.2) is 0 Å². The third kappa shape index (κ3) is 2.63. The second-order valence-corrected chi connectivity index (χ2v) is 11.2. The van der Waals surface area contributed by atoms with E-state index in [2.05, 4.69) is 19.6 Å². The summed E-state index contributed by atoms with van der Waals surface area (Å²) in [6, 6.07) is 0. The monoisotopic (exact) mass is 289 g/mol. The molecule has 0 spiro atoms. The second-order valence-electron chi connectivity index (χ2n) is 6.10. The van der Waals surface area contributed by atoms with E-state index in [1.165, 1.54) is 0 Å². The predicted octanol–water partition coefficient (Wildman–Crippen LogP) is 3.49. The number of carbonyl (C=O) groups is 1. The molecule has 1 amide bonds. The van der Waals surface area contributed by atoms with Gasteiger partial charge in [0.15, 0.2) is 0 Å². The maximum Gasteiger partial charge on any atom is 0.471 e. The third-order valence-corrected chi connectivity index (χ3v) is 5.97. The van der Waals surface area contributed by atoms with E-state index in [0.29, 0.717) is 18.5 Å². The van der Waals surface area contributed by atoms with Crippen LogP contribution in [0.2, 0.25) is 19.6 Å². The Morgan fingerprint density at radius 3 is 2.53 bits per heavy atom. The van der Waals surface area contributed by atoms with Crippen molar-refractivity contribution in [1.82, 2.24) is 4.90 Å². The molecule has 0 saturated carbocycles. The van der Waals surface area contributed by atoms with Gasteiger partial charge in [-0.15, -0.1) is 0 Å². The first-order chi connectivity index (χ1) is 8.62. The highest BCUT2D eigenvalue weighted by Crippen LogP contribution is 2.41. The minimum absolute atomic E-state index is 0.0122. The van der Waals surface area contributed by atoms with E-state index in [-0.39, 0.29) is 12.5 Å². The summed E-state index contributed by atoms with van der Waals surface area (Å²) in [7, 11) is -1.72. The van der Waals surface area contributed by atoms with Crippen molar-refractivity contribution in [3.63, 3.8) is 0 Å². The molecule has 106 valence electrons. The molecule has 0 bridgehead atoms. The SMILES string of the molecule is C[Si](C)(C)C1=C2C(C=CC1)CCN2C(=O)C(F)(F)F. The average molecular weight is 289 g/mol. The summed E-state index contributed by atoms with van der Waals surface area (Å²) < 4.78 is 38.0. The van der Waals surface area contributed by atoms with Gasteiger partial charge < -0.3 is 4.90 Å². The van der Waals surface area contributed by atoms with Crippen LogP contribution in [0.15, 0.2) is 23.0 Å². The van der Waals surface area contributed by atoms with Crippen LogP contribution in [0.1, 0.15) is 12.8 Å². The third-order valence-electron chi connectivity index (χ3n) is 3.70. The summed E-state index contributed by atoms with van der Waals surface area (Å²) in [5.74, 6) is -1.72. The molecule has 19 heavy (non-hydrogen) atoms. The lowest BCUT2D eigenvalue weighted by molar-refractivity contribution is -0.182. The molecule has 1 fully saturated rings. The van der Waals surface area contributed by atoms with Crippen LogP contribution in [0.25, 0.3) is 0 Å². The first kappa shape index (κ1) is 14.4. The standard InChI is InChI=1S/C13H18F3NOSi/c1-19(2,3)10-6-4-5-9-7-8-17(11(9)10)12(18)13(14,15)16/h4-5,9H,6-8H2,1-3H3. The largest absolute Gasteiger partial charge is 0.471 e. The maximum atomic E-state index is 12.7. The fraction of sp³-hybridized carbons (Fsp3) is 0.615. The molecule has 1 saturated heterocycles. The van der Waals surface area contributed by atoms with Crippen LogP contribution in [-0.2, 0) is 4.79 Å². The van der Waals surface area contributed by atoms with E-state index in [1.54, 1.807) is 0 Å². The lowest BCUT2D eigenvalue weighted by atomic mass is 9.99. The molecule has 2 rings (SSSR count). The van der Waals surface area contributed by atoms with E-state index >= 15 is 0 Å². The topological polar surface area (TPSA) is 20.3 Å². The fourth-order valence-corrected chi connectivity index (χ4v) is 4.63. The van der Waals surface area contributed by atoms with Gasteiger partial charge in [0.1, 0.15) is 0 Å². The number of hydrogen-bond donors (Lipinski definition) is 0. The van der Waals surface area contributed by atoms with Gasteiger partial charge in [-0.1, -0.05) is 37.0 Å². The quantitative estimate of drug-likeness (QED) is 0.534. The van der Waals surface area contributed by atoms with Crippen LogP contribution in [0, 0.1) is 5.92 Å². The number of amides is 1. The van der Waals surface area contributed by atoms with Gasteiger partial charge in [0.2, 0.25) is 0 Å². The van der Waals surface area contributed by atoms with Crippen molar-refractivity contribution >= 4 is 14.0 Å². The van der Waals surface area contributed by atoms with Crippen LogP contribution in [0.4, 0.5) is 13.2 Å². The summed E-state index contributed by atoms with van der Waals surface area (Å²) in [4.78, 5) is 12.5. The van der Waals surface area contributed by atoms with E-state index < -0.39 is 20.2 Å². The van der Waals surface area contributed by atoms with Crippen molar-refractivity contribution in [3.05, 3.63) is 23.0 Å². The number of rotatable bonds is 1. The van der Waals surface area contributed by atoms with Crippen LogP contribution >= 0.6 is 0 Å². The summed E-state index contributed by atoms with van der Waals surface area (Å²) in [6.45, 7) is 6.51. The summed E-state index contributed by atoms with van der Waals surface area (Å²) in [5.41, 5.74) is 0.643. The molecule has 1 heterocycles. The Morgan fingerprint density at radius 2 is 2.00 bits per heavy atom. The first-order valence-corrected chi connectivity index (χ1v) is 9.91. The zero-order chi connectivity index (χ0) is 14.4. The molecule has 0 aromatic rings. The lowest BCUT2D eigenvalue weighted by Crippen LogP contribution is -2.41. The molecule has 2 nitrogen and oxygen atoms in total. The van der Waals surface area contributed by atoms with Gasteiger partial charge in [-0.05, 0) is 12.8 Å². The normalized spacial score (nSPS) is 23.9. The Kier molecular flexibility index (Phi) is 3.41. The van der Waals surface area contributed by atoms with Gasteiger partial charge in [0.05, 0.1) is 8.07 Å². The molecular weight excluding hydrogens is 271 g/mol. The zero-order valence-corrected chi connectivity index (χ0v) is 12.3. The molecule has 0 aromatic carbocycles. The molecular formula is C13H18F3NOSi. The Balaban J connectivity index is 2.44. The highest BCUT2D eigenvalue weighted by Gasteiger charge is 2.48. The number of carbonyl (C=O) groups excluding carboxylic acids is 1. The van der Waals surface area contributed by atoms with Gasteiger partial charge in [-0.3, -0.25) is 4.79 Å². The smallest absolute Gasteiger partial charge is 0.308 e. The van der Waals surface area contributed by atoms with E-state index in [4.69, 9.17) is 0 Å². The Morgan fingerprint density at radius 1 is 1.37 bits per heavy atom. The van der Waals surface area contributed by atoms with E-state index in [9.17, 15) is 18.0 Å². The van der Waals surface area contributed by atoms with Crippen molar-refractivity contribution in [2.45, 2.75) is 38.7 Å². The number of halogens is 3. The van der Waals surface area contributed by atoms with Gasteiger partial charge in [0.25, 0.3) is 0 Å². The summed E-state index contributed by atoms with van der Waals surface area (Å²) >= 11 is 0. The highest BCUT2D eigenvalue weighted by atomic mass is 28.3. The minimum atomic E-state index is -4.78. The molecule has 1 atom stereocenters. The molecule has 0 aromatic heterocycles. The van der Waals surface area contributed by atoms with Crippen molar-refractivity contribution in [1.29, 1.82) is 0 Å². The number of fused-ring (bicyclic) bond motifs is 1. The van der Waals surface area contributed by atoms with Crippen molar-refractivity contribution in [3.8, 4) is 0 Å². The molecule has 1 aliphatic heterocycles. The molecule has 0 N–H and O–H groups in total. The number of nitrogens with zero attached hydrogens (tertiary/aromatic N) is 1. The van der Waals surface area contributed by atoms with E-state index in [0.717, 1.165) is 10.1 Å². The van der Waals surface area contributed by atoms with Crippen LogP contribution in [0.5, 0.6) is 0 Å². The van der Waals surface area contributed by atoms with Gasteiger partial charge in [-0.2, -0.15) is 13.2 Å². The number of hydrogen-bond acceptors (Lipinski definition) is 1. The molecule has 1 unspecified atom stereocenters. The van der Waals surface area contributed by atoms with Crippen molar-refractivity contribution in [2.75, 3.05) is 6.54 Å². The highest BCUT2D eigenvalue weighted by molar-refractivity contribution is 6.83. The second kappa shape index (κ2) is 4.51. The lowest BCUT2D eigenvalue weighted by Gasteiger charge is -2.31. The van der Waals surface area contributed by atoms with Crippen molar-refractivity contribution < 1.29 is 18.0 Å². The van der Waals surface area contributed by atoms with Crippen LogP contribution < -0.4 is 0 Å². The summed E-state index contributed by atoms with van der Waals surface area (Å²) in [5, 5.41) is 1.08. The Hall–Kier alpha value is -1.04. The number of likely N-dealkylation sites (tertiary alicyclic amines) is 1. The Labute approximate surface area is 112 Å². The molecule has 2 aliphatic rings. The van der Waals surface area contributed by atoms with E-state index in [1.807, 2.05) is 12.2 Å². The summed E-state index contributed by atoms with van der Waals surface area (Å²) in [6.07, 6.45) is 0.477. The average Bonchev–Trinajstić information content (AvgIpc) is 2.68. The zero-order valence-electron chi connectivity index (χ0n) is 11.3. The number of alkyl halides is 3. The van der Waals surface area contributed by atoms with Crippen molar-refractivity contribution in [2.24, 2.45) is 5.92 Å². The minimum Gasteiger partial charge on any atom is -0.308 e. The molecule has 6 heteroatoms. The molecule has 1 aliphatic carbocycles.